The van der Waals surface area contributed by atoms with Crippen LogP contribution < -0.4 is 4.74 Å². The number of pyridine rings is 1. The summed E-state index contributed by atoms with van der Waals surface area (Å²) in [4.78, 5) is 15.6. The lowest BCUT2D eigenvalue weighted by Gasteiger charge is -2.13. The number of para-hydroxylation sites is 1. The van der Waals surface area contributed by atoms with E-state index in [1.807, 2.05) is 47.0 Å². The first kappa shape index (κ1) is 22.5. The smallest absolute Gasteiger partial charge is 0.337 e. The van der Waals surface area contributed by atoms with Crippen LogP contribution in [0.2, 0.25) is 0 Å². The summed E-state index contributed by atoms with van der Waals surface area (Å²) in [6.07, 6.45) is 2.69. The van der Waals surface area contributed by atoms with Gasteiger partial charge in [-0.1, -0.05) is 30.0 Å². The van der Waals surface area contributed by atoms with Crippen molar-refractivity contribution in [3.8, 4) is 22.8 Å². The molecule has 168 valence electrons. The number of aliphatic hydroxyl groups is 1. The van der Waals surface area contributed by atoms with Gasteiger partial charge in [0.25, 0.3) is 0 Å². The second-order valence-electron chi connectivity index (χ2n) is 7.00. The van der Waals surface area contributed by atoms with Gasteiger partial charge in [-0.3, -0.25) is 9.55 Å². The van der Waals surface area contributed by atoms with Crippen LogP contribution in [0.15, 0.2) is 84.3 Å². The summed E-state index contributed by atoms with van der Waals surface area (Å²) in [7, 11) is 1.33. The summed E-state index contributed by atoms with van der Waals surface area (Å²) in [5.74, 6) is 1.20. The Balaban J connectivity index is 1.43. The van der Waals surface area contributed by atoms with Gasteiger partial charge >= 0.3 is 5.97 Å². The van der Waals surface area contributed by atoms with Crippen molar-refractivity contribution in [3.63, 3.8) is 0 Å². The Morgan fingerprint density at radius 3 is 2.45 bits per heavy atom. The third-order valence-electron chi connectivity index (χ3n) is 4.71. The quantitative estimate of drug-likeness (QED) is 0.297. The van der Waals surface area contributed by atoms with E-state index in [0.717, 1.165) is 11.3 Å². The largest absolute Gasteiger partial charge is 0.491 e. The van der Waals surface area contributed by atoms with Crippen LogP contribution in [-0.2, 0) is 4.74 Å². The molecule has 33 heavy (non-hydrogen) atoms. The number of aliphatic hydroxyl groups excluding tert-OH is 1. The van der Waals surface area contributed by atoms with Crippen LogP contribution in [0.4, 0.5) is 0 Å². The third kappa shape index (κ3) is 5.57. The molecule has 0 fully saturated rings. The molecule has 0 saturated carbocycles. The van der Waals surface area contributed by atoms with Crippen LogP contribution in [0.1, 0.15) is 10.4 Å². The first-order valence-corrected chi connectivity index (χ1v) is 11.2. The highest BCUT2D eigenvalue weighted by Gasteiger charge is 2.17. The first-order valence-electron chi connectivity index (χ1n) is 10.2. The Hall–Kier alpha value is -3.69. The number of ether oxygens (including phenoxy) is 2. The number of carbonyl (C=O) groups is 1. The molecule has 4 aromatic rings. The van der Waals surface area contributed by atoms with Crippen LogP contribution in [0, 0.1) is 0 Å². The average Bonchev–Trinajstić information content (AvgIpc) is 3.31. The van der Waals surface area contributed by atoms with Gasteiger partial charge in [0, 0.05) is 29.4 Å². The molecule has 8 nitrogen and oxygen atoms in total. The summed E-state index contributed by atoms with van der Waals surface area (Å²) < 4.78 is 12.3. The Bertz CT molecular complexity index is 1180. The normalized spacial score (nSPS) is 11.7. The standard InChI is InChI=1S/C24H22N4O4S/c1-31-23(30)18-7-9-21(10-8-18)32-15-20(29)16-33-24-27-26-22(17-11-13-25-14-12-17)28(24)19-5-3-2-4-6-19/h2-14,20,29H,15-16H2,1H3. The number of esters is 1. The maximum Gasteiger partial charge on any atom is 0.337 e. The topological polar surface area (TPSA) is 99.4 Å². The van der Waals surface area contributed by atoms with Crippen LogP contribution in [0.25, 0.3) is 17.1 Å². The molecular weight excluding hydrogens is 440 g/mol. The molecule has 1 N–H and O–H groups in total. The SMILES string of the molecule is COC(=O)c1ccc(OCC(O)CSc2nnc(-c3ccncc3)n2-c2ccccc2)cc1. The lowest BCUT2D eigenvalue weighted by atomic mass is 10.2. The number of rotatable bonds is 9. The molecule has 0 bridgehead atoms. The van der Waals surface area contributed by atoms with Gasteiger partial charge in [0.05, 0.1) is 18.8 Å². The van der Waals surface area contributed by atoms with E-state index in [4.69, 9.17) is 4.74 Å². The van der Waals surface area contributed by atoms with Crippen LogP contribution in [0.3, 0.4) is 0 Å². The van der Waals surface area contributed by atoms with E-state index in [-0.39, 0.29) is 6.61 Å². The highest BCUT2D eigenvalue weighted by molar-refractivity contribution is 7.99. The fourth-order valence-electron chi connectivity index (χ4n) is 3.08. The molecule has 1 atom stereocenters. The second-order valence-corrected chi connectivity index (χ2v) is 7.99. The number of hydrogen-bond acceptors (Lipinski definition) is 8. The molecule has 0 aliphatic heterocycles. The molecule has 0 amide bonds. The number of aromatic nitrogens is 4. The molecule has 2 aromatic carbocycles. The van der Waals surface area contributed by atoms with Crippen molar-refractivity contribution in [2.75, 3.05) is 19.5 Å². The maximum absolute atomic E-state index is 11.5. The molecule has 0 aliphatic carbocycles. The molecule has 4 rings (SSSR count). The molecule has 1 unspecified atom stereocenters. The molecular formula is C24H22N4O4S. The van der Waals surface area contributed by atoms with Crippen LogP contribution in [-0.4, -0.2) is 56.4 Å². The minimum atomic E-state index is -0.736. The molecule has 0 spiro atoms. The molecule has 0 aliphatic rings. The van der Waals surface area contributed by atoms with Gasteiger partial charge < -0.3 is 14.6 Å². The van der Waals surface area contributed by atoms with Gasteiger partial charge in [-0.2, -0.15) is 0 Å². The number of thioether (sulfide) groups is 1. The van der Waals surface area contributed by atoms with Crippen molar-refractivity contribution in [2.24, 2.45) is 0 Å². The molecule has 0 radical (unpaired) electrons. The van der Waals surface area contributed by atoms with Crippen LogP contribution >= 0.6 is 11.8 Å². The van der Waals surface area contributed by atoms with Gasteiger partial charge in [-0.25, -0.2) is 4.79 Å². The second kappa shape index (κ2) is 10.8. The number of nitrogens with zero attached hydrogens (tertiary/aromatic N) is 4. The lowest BCUT2D eigenvalue weighted by Crippen LogP contribution is -2.20. The average molecular weight is 463 g/mol. The lowest BCUT2D eigenvalue weighted by molar-refractivity contribution is 0.0600. The number of carbonyl (C=O) groups excluding carboxylic acids is 1. The molecule has 2 aromatic heterocycles. The van der Waals surface area contributed by atoms with Crippen LogP contribution in [0.5, 0.6) is 5.75 Å². The number of hydrogen-bond donors (Lipinski definition) is 1. The van der Waals surface area contributed by atoms with Crippen molar-refractivity contribution >= 4 is 17.7 Å². The van der Waals surface area contributed by atoms with Crippen molar-refractivity contribution in [3.05, 3.63) is 84.7 Å². The summed E-state index contributed by atoms with van der Waals surface area (Å²) >= 11 is 1.39. The molecule has 2 heterocycles. The number of benzene rings is 2. The minimum Gasteiger partial charge on any atom is -0.491 e. The highest BCUT2D eigenvalue weighted by atomic mass is 32.2. The van der Waals surface area contributed by atoms with Gasteiger partial charge in [0.1, 0.15) is 12.4 Å². The van der Waals surface area contributed by atoms with Gasteiger partial charge in [-0.15, -0.1) is 10.2 Å². The molecule has 0 saturated heterocycles. The maximum atomic E-state index is 11.5. The van der Waals surface area contributed by atoms with Gasteiger partial charge in [0.2, 0.25) is 0 Å². The monoisotopic (exact) mass is 462 g/mol. The predicted molar refractivity (Wildman–Crippen MR) is 125 cm³/mol. The Morgan fingerprint density at radius 1 is 1.03 bits per heavy atom. The van der Waals surface area contributed by atoms with E-state index in [0.29, 0.717) is 28.0 Å². The number of methoxy groups -OCH3 is 1. The van der Waals surface area contributed by atoms with Crippen molar-refractivity contribution in [2.45, 2.75) is 11.3 Å². The van der Waals surface area contributed by atoms with E-state index in [1.54, 1.807) is 36.7 Å². The Kier molecular flexibility index (Phi) is 7.33. The van der Waals surface area contributed by atoms with Gasteiger partial charge in [0.15, 0.2) is 11.0 Å². The summed E-state index contributed by atoms with van der Waals surface area (Å²) in [6, 6.07) is 20.1. The summed E-state index contributed by atoms with van der Waals surface area (Å²) in [5.41, 5.74) is 2.26. The van der Waals surface area contributed by atoms with Crippen molar-refractivity contribution in [1.82, 2.24) is 19.7 Å². The zero-order chi connectivity index (χ0) is 23.0. The predicted octanol–water partition coefficient (Wildman–Crippen LogP) is 3.65. The van der Waals surface area contributed by atoms with Crippen molar-refractivity contribution in [1.29, 1.82) is 0 Å². The Morgan fingerprint density at radius 2 is 1.76 bits per heavy atom. The first-order chi connectivity index (χ1) is 16.2. The fraction of sp³-hybridized carbons (Fsp3) is 0.167. The minimum absolute atomic E-state index is 0.0985. The summed E-state index contributed by atoms with van der Waals surface area (Å²) in [6.45, 7) is 0.0985. The fourth-order valence-corrected chi connectivity index (χ4v) is 3.93. The van der Waals surface area contributed by atoms with E-state index in [1.165, 1.54) is 18.9 Å². The Labute approximate surface area is 195 Å². The van der Waals surface area contributed by atoms with E-state index in [2.05, 4.69) is 19.9 Å². The molecule has 9 heteroatoms. The van der Waals surface area contributed by atoms with E-state index < -0.39 is 12.1 Å². The van der Waals surface area contributed by atoms with Gasteiger partial charge in [-0.05, 0) is 48.5 Å². The van der Waals surface area contributed by atoms with E-state index >= 15 is 0 Å². The summed E-state index contributed by atoms with van der Waals surface area (Å²) in [5, 5.41) is 19.8. The zero-order valence-electron chi connectivity index (χ0n) is 17.9. The third-order valence-corrected chi connectivity index (χ3v) is 5.78. The highest BCUT2D eigenvalue weighted by Crippen LogP contribution is 2.28. The zero-order valence-corrected chi connectivity index (χ0v) is 18.7. The van der Waals surface area contributed by atoms with E-state index in [9.17, 15) is 9.90 Å². The van der Waals surface area contributed by atoms with Crippen molar-refractivity contribution < 1.29 is 19.4 Å².